The molecule has 0 heterocycles. The van der Waals surface area contributed by atoms with Crippen molar-refractivity contribution in [2.45, 2.75) is 38.1 Å². The van der Waals surface area contributed by atoms with Crippen LogP contribution in [0.15, 0.2) is 84.9 Å². The Morgan fingerprint density at radius 1 is 0.842 bits per heavy atom. The number of Topliss-reactive ketones (excluding diaryl/α,β-unsaturated/α-hetero) is 1. The van der Waals surface area contributed by atoms with E-state index in [4.69, 9.17) is 9.47 Å². The van der Waals surface area contributed by atoms with E-state index in [-0.39, 0.29) is 19.6 Å². The van der Waals surface area contributed by atoms with Gasteiger partial charge in [-0.3, -0.25) is 14.4 Å². The molecule has 7 heteroatoms. The van der Waals surface area contributed by atoms with Crippen LogP contribution < -0.4 is 4.90 Å². The van der Waals surface area contributed by atoms with Crippen LogP contribution in [-0.4, -0.2) is 42.5 Å². The summed E-state index contributed by atoms with van der Waals surface area (Å²) in [5, 5.41) is 11.4. The number of ether oxygens (including phenoxy) is 2. The molecule has 1 N–H and O–H groups in total. The second-order valence-electron chi connectivity index (χ2n) is 10.2. The Balaban J connectivity index is 1.68. The van der Waals surface area contributed by atoms with Crippen molar-refractivity contribution in [2.24, 2.45) is 11.8 Å². The molecule has 0 aliphatic heterocycles. The summed E-state index contributed by atoms with van der Waals surface area (Å²) in [6.07, 6.45) is -0.366. The quantitative estimate of drug-likeness (QED) is 0.354. The first kappa shape index (κ1) is 27.1. The number of ketones is 1. The van der Waals surface area contributed by atoms with E-state index in [1.165, 1.54) is 6.92 Å². The van der Waals surface area contributed by atoms with E-state index in [1.54, 1.807) is 12.1 Å². The number of nitrogens with zero attached hydrogens (tertiary/aromatic N) is 1. The fraction of sp³-hybridized carbons (Fsp3) is 0.323. The fourth-order valence-electron chi connectivity index (χ4n) is 5.05. The molecular formula is C31H33NO6. The van der Waals surface area contributed by atoms with Crippen molar-refractivity contribution in [3.05, 3.63) is 102 Å². The average molecular weight is 516 g/mol. The Morgan fingerprint density at radius 2 is 1.34 bits per heavy atom. The minimum Gasteiger partial charge on any atom is -0.461 e. The van der Waals surface area contributed by atoms with E-state index in [1.807, 2.05) is 91.8 Å². The molecule has 1 aliphatic rings. The van der Waals surface area contributed by atoms with Crippen LogP contribution in [0.3, 0.4) is 0 Å². The lowest BCUT2D eigenvalue weighted by atomic mass is 9.61. The van der Waals surface area contributed by atoms with E-state index in [9.17, 15) is 19.5 Å². The van der Waals surface area contributed by atoms with Gasteiger partial charge in [0.1, 0.15) is 19.1 Å². The van der Waals surface area contributed by atoms with Gasteiger partial charge in [-0.15, -0.1) is 0 Å². The number of aliphatic hydroxyl groups is 1. The van der Waals surface area contributed by atoms with E-state index in [2.05, 4.69) is 0 Å². The van der Waals surface area contributed by atoms with Crippen LogP contribution in [0, 0.1) is 11.8 Å². The summed E-state index contributed by atoms with van der Waals surface area (Å²) in [7, 11) is 3.80. The largest absolute Gasteiger partial charge is 0.461 e. The number of carbonyl (C=O) groups is 3. The summed E-state index contributed by atoms with van der Waals surface area (Å²) < 4.78 is 11.2. The molecule has 0 radical (unpaired) electrons. The molecule has 4 rings (SSSR count). The van der Waals surface area contributed by atoms with Gasteiger partial charge in [-0.05, 0) is 35.7 Å². The molecule has 3 aromatic rings. The monoisotopic (exact) mass is 515 g/mol. The normalized spacial score (nSPS) is 22.9. The van der Waals surface area contributed by atoms with Gasteiger partial charge in [0.15, 0.2) is 5.78 Å². The van der Waals surface area contributed by atoms with E-state index >= 15 is 0 Å². The van der Waals surface area contributed by atoms with Crippen molar-refractivity contribution in [1.82, 2.24) is 0 Å². The van der Waals surface area contributed by atoms with Gasteiger partial charge >= 0.3 is 11.9 Å². The number of rotatable bonds is 8. The van der Waals surface area contributed by atoms with Crippen LogP contribution in [0.1, 0.15) is 36.0 Å². The summed E-state index contributed by atoms with van der Waals surface area (Å²) in [5.41, 5.74) is 1.34. The van der Waals surface area contributed by atoms with Crippen molar-refractivity contribution in [2.75, 3.05) is 19.0 Å². The Labute approximate surface area is 223 Å². The van der Waals surface area contributed by atoms with E-state index in [0.717, 1.165) is 16.8 Å². The zero-order valence-electron chi connectivity index (χ0n) is 21.9. The molecule has 198 valence electrons. The predicted molar refractivity (Wildman–Crippen MR) is 143 cm³/mol. The number of benzene rings is 3. The first-order valence-electron chi connectivity index (χ1n) is 12.6. The van der Waals surface area contributed by atoms with Crippen molar-refractivity contribution in [3.8, 4) is 0 Å². The molecule has 1 saturated carbocycles. The maximum Gasteiger partial charge on any atom is 0.317 e. The molecule has 7 nitrogen and oxygen atoms in total. The van der Waals surface area contributed by atoms with Gasteiger partial charge in [0.05, 0.1) is 11.5 Å². The molecule has 1 fully saturated rings. The molecule has 0 spiro atoms. The van der Waals surface area contributed by atoms with Crippen molar-refractivity contribution < 1.29 is 29.0 Å². The van der Waals surface area contributed by atoms with Gasteiger partial charge < -0.3 is 19.5 Å². The highest BCUT2D eigenvalue weighted by Crippen LogP contribution is 2.47. The highest BCUT2D eigenvalue weighted by molar-refractivity contribution is 6.02. The number of hydrogen-bond acceptors (Lipinski definition) is 7. The first-order valence-corrected chi connectivity index (χ1v) is 12.6. The molecule has 4 atom stereocenters. The van der Waals surface area contributed by atoms with Crippen LogP contribution >= 0.6 is 0 Å². The van der Waals surface area contributed by atoms with Gasteiger partial charge in [-0.25, -0.2) is 0 Å². The van der Waals surface area contributed by atoms with Crippen molar-refractivity contribution >= 4 is 23.4 Å². The van der Waals surface area contributed by atoms with E-state index in [0.29, 0.717) is 5.56 Å². The molecule has 0 aromatic heterocycles. The number of hydrogen-bond donors (Lipinski definition) is 1. The summed E-state index contributed by atoms with van der Waals surface area (Å²) in [5.74, 6) is -5.26. The SMILES string of the molecule is CN(C)c1ccc([C@@H]2[C@H](C(=O)OCc3ccccc3)C(=O)C[C@@](C)(O)[C@H]2C(=O)OCc2ccccc2)cc1. The van der Waals surface area contributed by atoms with Gasteiger partial charge in [-0.2, -0.15) is 0 Å². The molecule has 0 saturated heterocycles. The highest BCUT2D eigenvalue weighted by Gasteiger charge is 2.57. The lowest BCUT2D eigenvalue weighted by Crippen LogP contribution is -2.55. The Bertz CT molecular complexity index is 1250. The minimum absolute atomic E-state index is 0.00471. The van der Waals surface area contributed by atoms with Crippen molar-refractivity contribution in [3.63, 3.8) is 0 Å². The second-order valence-corrected chi connectivity index (χ2v) is 10.2. The molecule has 1 aliphatic carbocycles. The number of esters is 2. The van der Waals surface area contributed by atoms with Crippen molar-refractivity contribution in [1.29, 1.82) is 0 Å². The van der Waals surface area contributed by atoms with Crippen LogP contribution in [0.25, 0.3) is 0 Å². The predicted octanol–water partition coefficient (Wildman–Crippen LogP) is 4.28. The standard InChI is InChI=1S/C31H33NO6/c1-31(36)18-25(33)27(29(34)37-19-21-10-6-4-7-11-21)26(23-14-16-24(17-15-23)32(2)3)28(31)30(35)38-20-22-12-8-5-9-13-22/h4-17,26-28,36H,18-20H2,1-3H3/t26-,27-,28-,31-/m1/s1. The minimum atomic E-state index is -1.72. The third-order valence-electron chi connectivity index (χ3n) is 7.02. The van der Waals surface area contributed by atoms with Crippen LogP contribution in [-0.2, 0) is 37.1 Å². The Kier molecular flexibility index (Phi) is 8.27. The zero-order valence-corrected chi connectivity index (χ0v) is 21.9. The van der Waals surface area contributed by atoms with Gasteiger partial charge in [-0.1, -0.05) is 72.8 Å². The van der Waals surface area contributed by atoms with E-state index < -0.39 is 41.1 Å². The molecule has 0 amide bonds. The lowest BCUT2D eigenvalue weighted by molar-refractivity contribution is -0.174. The molecule has 3 aromatic carbocycles. The van der Waals surface area contributed by atoms with Gasteiger partial charge in [0, 0.05) is 32.1 Å². The molecular weight excluding hydrogens is 482 g/mol. The Hall–Kier alpha value is -3.97. The maximum atomic E-state index is 13.5. The van der Waals surface area contributed by atoms with Crippen LogP contribution in [0.4, 0.5) is 5.69 Å². The molecule has 0 unspecified atom stereocenters. The Morgan fingerprint density at radius 3 is 1.84 bits per heavy atom. The summed E-state index contributed by atoms with van der Waals surface area (Å²) >= 11 is 0. The first-order chi connectivity index (χ1) is 18.2. The topological polar surface area (TPSA) is 93.1 Å². The highest BCUT2D eigenvalue weighted by atomic mass is 16.5. The second kappa shape index (κ2) is 11.6. The smallest absolute Gasteiger partial charge is 0.317 e. The lowest BCUT2D eigenvalue weighted by Gasteiger charge is -2.43. The molecule has 38 heavy (non-hydrogen) atoms. The third kappa shape index (κ3) is 6.11. The summed E-state index contributed by atoms with van der Waals surface area (Å²) in [4.78, 5) is 42.2. The number of carbonyl (C=O) groups excluding carboxylic acids is 3. The molecule has 0 bridgehead atoms. The number of anilines is 1. The van der Waals surface area contributed by atoms with Crippen LogP contribution in [0.5, 0.6) is 0 Å². The summed E-state index contributed by atoms with van der Waals surface area (Å²) in [6.45, 7) is 1.46. The van der Waals surface area contributed by atoms with Gasteiger partial charge in [0.25, 0.3) is 0 Å². The zero-order chi connectivity index (χ0) is 27.3. The van der Waals surface area contributed by atoms with Crippen LogP contribution in [0.2, 0.25) is 0 Å². The third-order valence-corrected chi connectivity index (χ3v) is 7.02. The fourth-order valence-corrected chi connectivity index (χ4v) is 5.05. The van der Waals surface area contributed by atoms with Gasteiger partial charge in [0.2, 0.25) is 0 Å². The summed E-state index contributed by atoms with van der Waals surface area (Å²) in [6, 6.07) is 25.6. The average Bonchev–Trinajstić information content (AvgIpc) is 2.90. The maximum absolute atomic E-state index is 13.5.